The van der Waals surface area contributed by atoms with Crippen molar-refractivity contribution in [2.24, 2.45) is 0 Å². The summed E-state index contributed by atoms with van der Waals surface area (Å²) >= 11 is 0. The highest BCUT2D eigenvalue weighted by molar-refractivity contribution is 5.79. The highest BCUT2D eigenvalue weighted by Crippen LogP contribution is 2.26. The van der Waals surface area contributed by atoms with E-state index in [-0.39, 0.29) is 22.6 Å². The number of aliphatic carboxylic acids is 1. The fraction of sp³-hybridized carbons (Fsp3) is 0.167. The highest BCUT2D eigenvalue weighted by atomic mass is 16.6. The molecule has 0 heterocycles. The molecule has 2 rings (SSSR count). The normalized spacial score (nSPS) is 11.3. The number of carboxylic acids is 1. The van der Waals surface area contributed by atoms with Gasteiger partial charge >= 0.3 is 11.9 Å². The zero-order chi connectivity index (χ0) is 18.9. The summed E-state index contributed by atoms with van der Waals surface area (Å²) in [6.45, 7) is -1.14. The van der Waals surface area contributed by atoms with E-state index in [0.29, 0.717) is 6.29 Å². The molecule has 0 aliphatic carbocycles. The van der Waals surface area contributed by atoms with Crippen LogP contribution >= 0.6 is 0 Å². The number of ether oxygens (including phenoxy) is 3. The first-order valence-electron chi connectivity index (χ1n) is 7.49. The van der Waals surface area contributed by atoms with Gasteiger partial charge in [-0.05, 0) is 24.3 Å². The number of hydrogen-bond acceptors (Lipinski definition) is 7. The number of aldehydes is 1. The Hall–Kier alpha value is -3.39. The standard InChI is InChI=1S/C18H16O8/c19-9-12-5-1-3-7-14(12)25-11-17(22)26-18(23)13-6-2-4-8-15(13)24-10-16(20)21/h1-9,18,23H,10-11H2,(H,20,21). The highest BCUT2D eigenvalue weighted by Gasteiger charge is 2.19. The van der Waals surface area contributed by atoms with Gasteiger partial charge in [0.15, 0.2) is 19.5 Å². The van der Waals surface area contributed by atoms with E-state index in [1.165, 1.54) is 24.3 Å². The second-order valence-corrected chi connectivity index (χ2v) is 5.01. The third kappa shape index (κ3) is 5.32. The van der Waals surface area contributed by atoms with Gasteiger partial charge < -0.3 is 24.4 Å². The van der Waals surface area contributed by atoms with Crippen molar-refractivity contribution in [3.8, 4) is 11.5 Å². The predicted molar refractivity (Wildman–Crippen MR) is 87.9 cm³/mol. The molecule has 2 aromatic rings. The molecule has 0 aliphatic rings. The summed E-state index contributed by atoms with van der Waals surface area (Å²) in [7, 11) is 0. The van der Waals surface area contributed by atoms with Crippen molar-refractivity contribution in [1.82, 2.24) is 0 Å². The van der Waals surface area contributed by atoms with Gasteiger partial charge in [0, 0.05) is 0 Å². The van der Waals surface area contributed by atoms with Gasteiger partial charge in [-0.2, -0.15) is 0 Å². The maximum absolute atomic E-state index is 11.8. The molecule has 26 heavy (non-hydrogen) atoms. The minimum absolute atomic E-state index is 0.0717. The summed E-state index contributed by atoms with van der Waals surface area (Å²) < 4.78 is 15.1. The lowest BCUT2D eigenvalue weighted by Crippen LogP contribution is -2.19. The predicted octanol–water partition coefficient (Wildman–Crippen LogP) is 1.58. The van der Waals surface area contributed by atoms with Crippen LogP contribution in [0.4, 0.5) is 0 Å². The Morgan fingerprint density at radius 3 is 2.27 bits per heavy atom. The lowest BCUT2D eigenvalue weighted by molar-refractivity contribution is -0.171. The number of carboxylic acid groups (broad SMARTS) is 1. The molecule has 1 unspecified atom stereocenters. The Bertz CT molecular complexity index is 786. The van der Waals surface area contributed by atoms with E-state index in [9.17, 15) is 19.5 Å². The van der Waals surface area contributed by atoms with E-state index in [1.807, 2.05) is 0 Å². The Morgan fingerprint density at radius 1 is 0.962 bits per heavy atom. The summed E-state index contributed by atoms with van der Waals surface area (Å²) in [5, 5.41) is 18.7. The number of aliphatic hydroxyl groups excluding tert-OH is 1. The van der Waals surface area contributed by atoms with Gasteiger partial charge in [0.05, 0.1) is 11.1 Å². The van der Waals surface area contributed by atoms with Crippen molar-refractivity contribution in [3.05, 3.63) is 59.7 Å². The molecule has 8 heteroatoms. The topological polar surface area (TPSA) is 119 Å². The van der Waals surface area contributed by atoms with Gasteiger partial charge in [-0.25, -0.2) is 9.59 Å². The largest absolute Gasteiger partial charge is 0.481 e. The first-order chi connectivity index (χ1) is 12.5. The average molecular weight is 360 g/mol. The zero-order valence-electron chi connectivity index (χ0n) is 13.5. The van der Waals surface area contributed by atoms with Crippen molar-refractivity contribution < 1.29 is 38.8 Å². The van der Waals surface area contributed by atoms with Crippen molar-refractivity contribution in [1.29, 1.82) is 0 Å². The second-order valence-electron chi connectivity index (χ2n) is 5.01. The summed E-state index contributed by atoms with van der Waals surface area (Å²) in [6.07, 6.45) is -1.08. The van der Waals surface area contributed by atoms with E-state index < -0.39 is 31.4 Å². The van der Waals surface area contributed by atoms with Gasteiger partial charge in [0.2, 0.25) is 6.29 Å². The molecule has 0 radical (unpaired) electrons. The molecular weight excluding hydrogens is 344 g/mol. The number of carbonyl (C=O) groups is 3. The molecule has 8 nitrogen and oxygen atoms in total. The number of aliphatic hydroxyl groups is 1. The van der Waals surface area contributed by atoms with E-state index in [4.69, 9.17) is 19.3 Å². The van der Waals surface area contributed by atoms with Gasteiger partial charge in [0.25, 0.3) is 0 Å². The van der Waals surface area contributed by atoms with Crippen LogP contribution in [0.5, 0.6) is 11.5 Å². The Balaban J connectivity index is 1.96. The zero-order valence-corrected chi connectivity index (χ0v) is 13.5. The summed E-state index contributed by atoms with van der Waals surface area (Å²) in [6, 6.07) is 12.3. The fourth-order valence-electron chi connectivity index (χ4n) is 2.02. The van der Waals surface area contributed by atoms with Crippen LogP contribution < -0.4 is 9.47 Å². The molecule has 0 saturated carbocycles. The van der Waals surface area contributed by atoms with Gasteiger partial charge in [-0.3, -0.25) is 4.79 Å². The molecule has 2 aromatic carbocycles. The van der Waals surface area contributed by atoms with Crippen LogP contribution in [0.15, 0.2) is 48.5 Å². The SMILES string of the molecule is O=Cc1ccccc1OCC(=O)OC(O)c1ccccc1OCC(=O)O. The Morgan fingerprint density at radius 2 is 1.58 bits per heavy atom. The first kappa shape index (κ1) is 18.9. The van der Waals surface area contributed by atoms with Gasteiger partial charge in [0.1, 0.15) is 11.5 Å². The molecule has 1 atom stereocenters. The average Bonchev–Trinajstić information content (AvgIpc) is 2.65. The quantitative estimate of drug-likeness (QED) is 0.393. The van der Waals surface area contributed by atoms with Crippen LogP contribution in [-0.4, -0.2) is 41.7 Å². The minimum Gasteiger partial charge on any atom is -0.481 e. The third-order valence-electron chi connectivity index (χ3n) is 3.17. The maximum Gasteiger partial charge on any atom is 0.346 e. The fourth-order valence-corrected chi connectivity index (χ4v) is 2.02. The number of rotatable bonds is 9. The van der Waals surface area contributed by atoms with Crippen LogP contribution in [0.3, 0.4) is 0 Å². The third-order valence-corrected chi connectivity index (χ3v) is 3.17. The number of para-hydroxylation sites is 2. The van der Waals surface area contributed by atoms with Crippen molar-refractivity contribution in [3.63, 3.8) is 0 Å². The molecule has 0 aromatic heterocycles. The van der Waals surface area contributed by atoms with Crippen LogP contribution in [0.25, 0.3) is 0 Å². The van der Waals surface area contributed by atoms with Crippen LogP contribution in [0.2, 0.25) is 0 Å². The molecule has 2 N–H and O–H groups in total. The van der Waals surface area contributed by atoms with Gasteiger partial charge in [-0.1, -0.05) is 24.3 Å². The van der Waals surface area contributed by atoms with Crippen LogP contribution in [-0.2, 0) is 14.3 Å². The molecule has 0 aliphatic heterocycles. The monoisotopic (exact) mass is 360 g/mol. The molecule has 0 spiro atoms. The van der Waals surface area contributed by atoms with Crippen molar-refractivity contribution in [2.45, 2.75) is 6.29 Å². The summed E-state index contributed by atoms with van der Waals surface area (Å²) in [5.41, 5.74) is 0.364. The molecule has 0 saturated heterocycles. The molecule has 0 fully saturated rings. The number of hydrogen-bond donors (Lipinski definition) is 2. The lowest BCUT2D eigenvalue weighted by Gasteiger charge is -2.16. The molecule has 0 bridgehead atoms. The van der Waals surface area contributed by atoms with Gasteiger partial charge in [-0.15, -0.1) is 0 Å². The molecule has 0 amide bonds. The lowest BCUT2D eigenvalue weighted by atomic mass is 10.2. The second kappa shape index (κ2) is 9.19. The van der Waals surface area contributed by atoms with Crippen LogP contribution in [0, 0.1) is 0 Å². The van der Waals surface area contributed by atoms with E-state index in [1.54, 1.807) is 24.3 Å². The van der Waals surface area contributed by atoms with E-state index >= 15 is 0 Å². The smallest absolute Gasteiger partial charge is 0.346 e. The molecule has 136 valence electrons. The number of benzene rings is 2. The van der Waals surface area contributed by atoms with E-state index in [2.05, 4.69) is 0 Å². The molecular formula is C18H16O8. The Labute approximate surface area is 148 Å². The minimum atomic E-state index is -1.67. The maximum atomic E-state index is 11.8. The first-order valence-corrected chi connectivity index (χ1v) is 7.49. The summed E-state index contributed by atoms with van der Waals surface area (Å²) in [5.74, 6) is -1.79. The van der Waals surface area contributed by atoms with Crippen molar-refractivity contribution in [2.75, 3.05) is 13.2 Å². The van der Waals surface area contributed by atoms with Crippen molar-refractivity contribution >= 4 is 18.2 Å². The van der Waals surface area contributed by atoms with Crippen LogP contribution in [0.1, 0.15) is 22.2 Å². The number of carbonyl (C=O) groups excluding carboxylic acids is 2. The number of esters is 1. The Kier molecular flexibility index (Phi) is 6.69. The summed E-state index contributed by atoms with van der Waals surface area (Å²) in [4.78, 5) is 33.3. The van der Waals surface area contributed by atoms with E-state index in [0.717, 1.165) is 0 Å².